The van der Waals surface area contributed by atoms with Crippen LogP contribution in [0.15, 0.2) is 22.7 Å². The zero-order valence-corrected chi connectivity index (χ0v) is 11.0. The van der Waals surface area contributed by atoms with E-state index in [1.807, 2.05) is 0 Å². The molecule has 2 rings (SSSR count). The van der Waals surface area contributed by atoms with Crippen molar-refractivity contribution >= 4 is 21.7 Å². The lowest BCUT2D eigenvalue weighted by Crippen LogP contribution is -2.36. The van der Waals surface area contributed by atoms with Crippen molar-refractivity contribution in [1.29, 1.82) is 0 Å². The fourth-order valence-electron chi connectivity index (χ4n) is 2.19. The van der Waals surface area contributed by atoms with Gasteiger partial charge in [-0.25, -0.2) is 4.39 Å². The standard InChI is InChI=1S/C13H14BrFO2/c14-10-2-1-9(12(15)7-10)8-13(17)5-3-11(16)4-6-13/h1-2,7,17H,3-6,8H2. The summed E-state index contributed by atoms with van der Waals surface area (Å²) in [4.78, 5) is 11.1. The maximum Gasteiger partial charge on any atom is 0.133 e. The van der Waals surface area contributed by atoms with Crippen molar-refractivity contribution in [1.82, 2.24) is 0 Å². The highest BCUT2D eigenvalue weighted by Gasteiger charge is 2.33. The van der Waals surface area contributed by atoms with E-state index in [2.05, 4.69) is 15.9 Å². The van der Waals surface area contributed by atoms with Gasteiger partial charge in [0, 0.05) is 23.7 Å². The monoisotopic (exact) mass is 300 g/mol. The van der Waals surface area contributed by atoms with E-state index in [-0.39, 0.29) is 18.0 Å². The molecule has 0 atom stereocenters. The zero-order chi connectivity index (χ0) is 12.5. The van der Waals surface area contributed by atoms with Crippen LogP contribution < -0.4 is 0 Å². The molecule has 1 aromatic rings. The van der Waals surface area contributed by atoms with Gasteiger partial charge in [0.25, 0.3) is 0 Å². The third-order valence-corrected chi connectivity index (χ3v) is 3.77. The van der Waals surface area contributed by atoms with Crippen LogP contribution in [-0.4, -0.2) is 16.5 Å². The smallest absolute Gasteiger partial charge is 0.133 e. The summed E-state index contributed by atoms with van der Waals surface area (Å²) in [5.74, 6) is -0.129. The molecule has 0 bridgehead atoms. The Hall–Kier alpha value is -0.740. The third-order valence-electron chi connectivity index (χ3n) is 3.27. The Kier molecular flexibility index (Phi) is 3.64. The summed E-state index contributed by atoms with van der Waals surface area (Å²) in [7, 11) is 0. The zero-order valence-electron chi connectivity index (χ0n) is 9.38. The summed E-state index contributed by atoms with van der Waals surface area (Å²) in [6.45, 7) is 0. The molecular formula is C13H14BrFO2. The summed E-state index contributed by atoms with van der Waals surface area (Å²) in [6.07, 6.45) is 1.94. The average molecular weight is 301 g/mol. The van der Waals surface area contributed by atoms with Gasteiger partial charge in [-0.15, -0.1) is 0 Å². The molecule has 0 heterocycles. The van der Waals surface area contributed by atoms with Gasteiger partial charge in [-0.3, -0.25) is 4.79 Å². The number of hydrogen-bond donors (Lipinski definition) is 1. The van der Waals surface area contributed by atoms with Crippen LogP contribution in [0.2, 0.25) is 0 Å². The van der Waals surface area contributed by atoms with E-state index in [1.54, 1.807) is 12.1 Å². The SMILES string of the molecule is O=C1CCC(O)(Cc2ccc(Br)cc2F)CC1. The van der Waals surface area contributed by atoms with Gasteiger partial charge in [0.15, 0.2) is 0 Å². The molecule has 0 amide bonds. The van der Waals surface area contributed by atoms with Crippen LogP contribution in [0.25, 0.3) is 0 Å². The van der Waals surface area contributed by atoms with Crippen LogP contribution in [0.1, 0.15) is 31.2 Å². The predicted molar refractivity (Wildman–Crippen MR) is 66.2 cm³/mol. The van der Waals surface area contributed by atoms with Gasteiger partial charge in [-0.1, -0.05) is 22.0 Å². The van der Waals surface area contributed by atoms with Crippen LogP contribution in [0.4, 0.5) is 4.39 Å². The molecule has 1 aliphatic rings. The Morgan fingerprint density at radius 3 is 2.59 bits per heavy atom. The molecule has 1 fully saturated rings. The molecule has 1 saturated carbocycles. The maximum atomic E-state index is 13.6. The molecule has 1 N–H and O–H groups in total. The minimum Gasteiger partial charge on any atom is -0.390 e. The Bertz CT molecular complexity index is 435. The number of carbonyl (C=O) groups excluding carboxylic acids is 1. The third kappa shape index (κ3) is 3.13. The number of rotatable bonds is 2. The van der Waals surface area contributed by atoms with Gasteiger partial charge in [-0.05, 0) is 30.5 Å². The molecule has 17 heavy (non-hydrogen) atoms. The lowest BCUT2D eigenvalue weighted by molar-refractivity contribution is -0.125. The molecule has 0 saturated heterocycles. The largest absolute Gasteiger partial charge is 0.390 e. The number of hydrogen-bond acceptors (Lipinski definition) is 2. The molecule has 92 valence electrons. The Labute approximate surface area is 108 Å². The number of carbonyl (C=O) groups is 1. The maximum absolute atomic E-state index is 13.6. The van der Waals surface area contributed by atoms with Crippen molar-refractivity contribution in [3.63, 3.8) is 0 Å². The Balaban J connectivity index is 2.12. The van der Waals surface area contributed by atoms with Crippen LogP contribution in [0.3, 0.4) is 0 Å². The van der Waals surface area contributed by atoms with Crippen LogP contribution in [-0.2, 0) is 11.2 Å². The van der Waals surface area contributed by atoms with Crippen molar-refractivity contribution in [2.45, 2.75) is 37.7 Å². The summed E-state index contributed by atoms with van der Waals surface area (Å²) >= 11 is 3.20. The second kappa shape index (κ2) is 4.86. The molecule has 0 unspecified atom stereocenters. The van der Waals surface area contributed by atoms with Crippen LogP contribution >= 0.6 is 15.9 Å². The van der Waals surface area contributed by atoms with E-state index in [1.165, 1.54) is 6.07 Å². The number of halogens is 2. The van der Waals surface area contributed by atoms with Crippen molar-refractivity contribution in [3.05, 3.63) is 34.1 Å². The topological polar surface area (TPSA) is 37.3 Å². The number of ketones is 1. The van der Waals surface area contributed by atoms with E-state index < -0.39 is 5.60 Å². The number of benzene rings is 1. The van der Waals surface area contributed by atoms with Gasteiger partial charge >= 0.3 is 0 Å². The summed E-state index contributed by atoms with van der Waals surface area (Å²) < 4.78 is 14.3. The van der Waals surface area contributed by atoms with Crippen LogP contribution in [0.5, 0.6) is 0 Å². The highest BCUT2D eigenvalue weighted by molar-refractivity contribution is 9.10. The van der Waals surface area contributed by atoms with E-state index in [4.69, 9.17) is 0 Å². The minimum atomic E-state index is -0.928. The second-order valence-electron chi connectivity index (χ2n) is 4.68. The Morgan fingerprint density at radius 1 is 1.35 bits per heavy atom. The Morgan fingerprint density at radius 2 is 2.00 bits per heavy atom. The molecule has 0 aromatic heterocycles. The first-order valence-corrected chi connectivity index (χ1v) is 6.46. The molecule has 0 radical (unpaired) electrons. The van der Waals surface area contributed by atoms with Gasteiger partial charge in [0.05, 0.1) is 5.60 Å². The number of aliphatic hydroxyl groups is 1. The molecule has 1 aromatic carbocycles. The summed E-state index contributed by atoms with van der Waals surface area (Å²) in [5.41, 5.74) is -0.423. The van der Waals surface area contributed by atoms with Gasteiger partial charge in [0.2, 0.25) is 0 Å². The minimum absolute atomic E-state index is 0.186. The van der Waals surface area contributed by atoms with Crippen molar-refractivity contribution in [2.75, 3.05) is 0 Å². The van der Waals surface area contributed by atoms with Crippen molar-refractivity contribution < 1.29 is 14.3 Å². The summed E-state index contributed by atoms with van der Waals surface area (Å²) in [6, 6.07) is 4.83. The van der Waals surface area contributed by atoms with Crippen molar-refractivity contribution in [2.24, 2.45) is 0 Å². The van der Waals surface area contributed by atoms with E-state index in [0.717, 1.165) is 0 Å². The van der Waals surface area contributed by atoms with Crippen LogP contribution in [0, 0.1) is 5.82 Å². The molecule has 2 nitrogen and oxygen atoms in total. The normalized spacial score (nSPS) is 19.4. The predicted octanol–water partition coefficient (Wildman–Crippen LogP) is 3.00. The molecule has 0 spiro atoms. The summed E-state index contributed by atoms with van der Waals surface area (Å²) in [5, 5.41) is 10.3. The van der Waals surface area contributed by atoms with Gasteiger partial charge in [0.1, 0.15) is 11.6 Å². The first-order valence-electron chi connectivity index (χ1n) is 5.67. The van der Waals surface area contributed by atoms with E-state index in [9.17, 15) is 14.3 Å². The number of Topliss-reactive ketones (excluding diaryl/α,β-unsaturated/α-hetero) is 1. The van der Waals surface area contributed by atoms with E-state index in [0.29, 0.717) is 35.7 Å². The molecule has 0 aliphatic heterocycles. The van der Waals surface area contributed by atoms with Gasteiger partial charge in [-0.2, -0.15) is 0 Å². The molecular weight excluding hydrogens is 287 g/mol. The van der Waals surface area contributed by atoms with Crippen molar-refractivity contribution in [3.8, 4) is 0 Å². The highest BCUT2D eigenvalue weighted by Crippen LogP contribution is 2.30. The quantitative estimate of drug-likeness (QED) is 0.912. The first kappa shape index (κ1) is 12.7. The lowest BCUT2D eigenvalue weighted by Gasteiger charge is -2.31. The fourth-order valence-corrected chi connectivity index (χ4v) is 2.52. The lowest BCUT2D eigenvalue weighted by atomic mass is 9.80. The highest BCUT2D eigenvalue weighted by atomic mass is 79.9. The first-order chi connectivity index (χ1) is 7.98. The molecule has 1 aliphatic carbocycles. The fraction of sp³-hybridized carbons (Fsp3) is 0.462. The second-order valence-corrected chi connectivity index (χ2v) is 5.59. The average Bonchev–Trinajstić information content (AvgIpc) is 2.27. The van der Waals surface area contributed by atoms with E-state index >= 15 is 0 Å². The van der Waals surface area contributed by atoms with Gasteiger partial charge < -0.3 is 5.11 Å². The molecule has 4 heteroatoms.